The Morgan fingerprint density at radius 3 is 2.48 bits per heavy atom. The molecule has 3 heterocycles. The number of hydrogen-bond donors (Lipinski definition) is 0. The molecule has 1 aliphatic rings. The van der Waals surface area contributed by atoms with E-state index in [0.717, 1.165) is 49.4 Å². The monoisotopic (exact) mass is 412 g/mol. The molecule has 31 heavy (non-hydrogen) atoms. The quantitative estimate of drug-likeness (QED) is 0.504. The van der Waals surface area contributed by atoms with Gasteiger partial charge in [0.15, 0.2) is 0 Å². The number of carbonyl (C=O) groups excluding carboxylic acids is 1. The lowest BCUT2D eigenvalue weighted by atomic mass is 10.1. The summed E-state index contributed by atoms with van der Waals surface area (Å²) in [4.78, 5) is 25.8. The van der Waals surface area contributed by atoms with Gasteiger partial charge in [0.25, 0.3) is 5.91 Å². The van der Waals surface area contributed by atoms with Gasteiger partial charge in [0.1, 0.15) is 12.7 Å². The van der Waals surface area contributed by atoms with Crippen LogP contribution in [0.5, 0.6) is 0 Å². The smallest absolute Gasteiger partial charge is 0.253 e. The van der Waals surface area contributed by atoms with Crippen LogP contribution in [0.3, 0.4) is 0 Å². The van der Waals surface area contributed by atoms with Gasteiger partial charge in [0, 0.05) is 49.9 Å². The highest BCUT2D eigenvalue weighted by Gasteiger charge is 2.22. The van der Waals surface area contributed by atoms with E-state index in [4.69, 9.17) is 0 Å². The molecule has 1 saturated heterocycles. The standard InChI is InChI=1S/C24H24N6O/c31-24(21-8-6-19(7-9-21)15-30-18-25-17-27-30)29-13-11-28(12-14-29)16-22-4-1-3-20-5-2-10-26-23(20)22/h1-10,17-18H,11-16H2. The Hall–Kier alpha value is -3.58. The number of para-hydroxylation sites is 1. The number of carbonyl (C=O) groups is 1. The van der Waals surface area contributed by atoms with Crippen LogP contribution in [0.2, 0.25) is 0 Å². The van der Waals surface area contributed by atoms with Gasteiger partial charge in [-0.15, -0.1) is 0 Å². The van der Waals surface area contributed by atoms with Gasteiger partial charge < -0.3 is 4.90 Å². The third-order valence-corrected chi connectivity index (χ3v) is 5.78. The molecule has 0 atom stereocenters. The van der Waals surface area contributed by atoms with Crippen molar-refractivity contribution in [2.45, 2.75) is 13.1 Å². The summed E-state index contributed by atoms with van der Waals surface area (Å²) in [6.45, 7) is 4.69. The molecular formula is C24H24N6O. The Kier molecular flexibility index (Phi) is 5.41. The first-order valence-corrected chi connectivity index (χ1v) is 10.5. The minimum absolute atomic E-state index is 0.0961. The van der Waals surface area contributed by atoms with E-state index in [1.54, 1.807) is 11.0 Å². The van der Waals surface area contributed by atoms with Gasteiger partial charge in [0.05, 0.1) is 12.1 Å². The number of amides is 1. The van der Waals surface area contributed by atoms with E-state index in [1.807, 2.05) is 41.4 Å². The van der Waals surface area contributed by atoms with E-state index < -0.39 is 0 Å². The van der Waals surface area contributed by atoms with Crippen LogP contribution in [0, 0.1) is 0 Å². The molecule has 2 aromatic carbocycles. The molecule has 1 amide bonds. The summed E-state index contributed by atoms with van der Waals surface area (Å²) in [5.41, 5.74) is 4.12. The molecule has 1 aliphatic heterocycles. The molecule has 2 aromatic heterocycles. The van der Waals surface area contributed by atoms with Crippen molar-refractivity contribution in [3.05, 3.63) is 90.1 Å². The molecule has 7 nitrogen and oxygen atoms in total. The summed E-state index contributed by atoms with van der Waals surface area (Å²) in [7, 11) is 0. The van der Waals surface area contributed by atoms with E-state index >= 15 is 0 Å². The van der Waals surface area contributed by atoms with Crippen molar-refractivity contribution < 1.29 is 4.79 Å². The van der Waals surface area contributed by atoms with Gasteiger partial charge in [-0.05, 0) is 29.3 Å². The molecule has 0 N–H and O–H groups in total. The second kappa shape index (κ2) is 8.65. The lowest BCUT2D eigenvalue weighted by molar-refractivity contribution is 0.0629. The fraction of sp³-hybridized carbons (Fsp3) is 0.250. The van der Waals surface area contributed by atoms with Crippen LogP contribution in [-0.4, -0.2) is 61.6 Å². The van der Waals surface area contributed by atoms with Crippen molar-refractivity contribution >= 4 is 16.8 Å². The minimum atomic E-state index is 0.0961. The van der Waals surface area contributed by atoms with Crippen molar-refractivity contribution in [3.63, 3.8) is 0 Å². The van der Waals surface area contributed by atoms with Gasteiger partial charge in [-0.2, -0.15) is 5.10 Å². The maximum atomic E-state index is 12.9. The summed E-state index contributed by atoms with van der Waals surface area (Å²) < 4.78 is 1.77. The van der Waals surface area contributed by atoms with Crippen molar-refractivity contribution in [1.82, 2.24) is 29.5 Å². The van der Waals surface area contributed by atoms with E-state index in [9.17, 15) is 4.79 Å². The van der Waals surface area contributed by atoms with Crippen LogP contribution in [0.25, 0.3) is 10.9 Å². The molecule has 156 valence electrons. The fourth-order valence-corrected chi connectivity index (χ4v) is 4.08. The lowest BCUT2D eigenvalue weighted by Crippen LogP contribution is -2.48. The summed E-state index contributed by atoms with van der Waals surface area (Å²) >= 11 is 0. The molecular weight excluding hydrogens is 388 g/mol. The number of aromatic nitrogens is 4. The Morgan fingerprint density at radius 1 is 0.903 bits per heavy atom. The highest BCUT2D eigenvalue weighted by molar-refractivity contribution is 5.94. The van der Waals surface area contributed by atoms with Crippen LogP contribution in [-0.2, 0) is 13.1 Å². The summed E-state index contributed by atoms with van der Waals surface area (Å²) in [6.07, 6.45) is 5.06. The first kappa shape index (κ1) is 19.4. The second-order valence-electron chi connectivity index (χ2n) is 7.85. The average Bonchev–Trinajstić information content (AvgIpc) is 3.33. The van der Waals surface area contributed by atoms with Crippen LogP contribution >= 0.6 is 0 Å². The fourth-order valence-electron chi connectivity index (χ4n) is 4.08. The highest BCUT2D eigenvalue weighted by Crippen LogP contribution is 2.19. The molecule has 0 radical (unpaired) electrons. The predicted octanol–water partition coefficient (Wildman–Crippen LogP) is 2.83. The number of hydrogen-bond acceptors (Lipinski definition) is 5. The maximum Gasteiger partial charge on any atom is 0.253 e. The first-order valence-electron chi connectivity index (χ1n) is 10.5. The molecule has 0 unspecified atom stereocenters. The Morgan fingerprint density at radius 2 is 1.71 bits per heavy atom. The molecule has 5 rings (SSSR count). The van der Waals surface area contributed by atoms with Crippen molar-refractivity contribution in [2.24, 2.45) is 0 Å². The average molecular weight is 412 g/mol. The third kappa shape index (κ3) is 4.32. The zero-order chi connectivity index (χ0) is 21.0. The molecule has 0 saturated carbocycles. The number of benzene rings is 2. The molecule has 0 spiro atoms. The van der Waals surface area contributed by atoms with E-state index in [-0.39, 0.29) is 5.91 Å². The normalized spacial score (nSPS) is 14.8. The third-order valence-electron chi connectivity index (χ3n) is 5.78. The van der Waals surface area contributed by atoms with Crippen molar-refractivity contribution in [3.8, 4) is 0 Å². The number of piperazine rings is 1. The largest absolute Gasteiger partial charge is 0.336 e. The Labute approximate surface area is 181 Å². The number of rotatable bonds is 5. The Bertz CT molecular complexity index is 1160. The van der Waals surface area contributed by atoms with Gasteiger partial charge in [-0.1, -0.05) is 36.4 Å². The van der Waals surface area contributed by atoms with Crippen molar-refractivity contribution in [1.29, 1.82) is 0 Å². The molecule has 4 aromatic rings. The molecule has 0 aliphatic carbocycles. The zero-order valence-corrected chi connectivity index (χ0v) is 17.3. The second-order valence-corrected chi connectivity index (χ2v) is 7.85. The van der Waals surface area contributed by atoms with Crippen LogP contribution < -0.4 is 0 Å². The predicted molar refractivity (Wildman–Crippen MR) is 118 cm³/mol. The maximum absolute atomic E-state index is 12.9. The van der Waals surface area contributed by atoms with Crippen molar-refractivity contribution in [2.75, 3.05) is 26.2 Å². The van der Waals surface area contributed by atoms with E-state index in [0.29, 0.717) is 6.54 Å². The van der Waals surface area contributed by atoms with Gasteiger partial charge >= 0.3 is 0 Å². The topological polar surface area (TPSA) is 67.2 Å². The van der Waals surface area contributed by atoms with Gasteiger partial charge in [-0.3, -0.25) is 14.7 Å². The van der Waals surface area contributed by atoms with E-state index in [2.05, 4.69) is 44.2 Å². The highest BCUT2D eigenvalue weighted by atomic mass is 16.2. The molecule has 1 fully saturated rings. The SMILES string of the molecule is O=C(c1ccc(Cn2cncn2)cc1)N1CCN(Cc2cccc3cccnc23)CC1. The molecule has 0 bridgehead atoms. The first-order chi connectivity index (χ1) is 15.3. The number of pyridine rings is 1. The summed E-state index contributed by atoms with van der Waals surface area (Å²) in [5, 5.41) is 5.29. The van der Waals surface area contributed by atoms with Crippen LogP contribution in [0.1, 0.15) is 21.5 Å². The summed E-state index contributed by atoms with van der Waals surface area (Å²) in [5.74, 6) is 0.0961. The lowest BCUT2D eigenvalue weighted by Gasteiger charge is -2.35. The minimum Gasteiger partial charge on any atom is -0.336 e. The van der Waals surface area contributed by atoms with Crippen LogP contribution in [0.4, 0.5) is 0 Å². The number of fused-ring (bicyclic) bond motifs is 1. The Balaban J connectivity index is 1.19. The molecule has 7 heteroatoms. The number of nitrogens with zero attached hydrogens (tertiary/aromatic N) is 6. The van der Waals surface area contributed by atoms with E-state index in [1.165, 1.54) is 17.3 Å². The summed E-state index contributed by atoms with van der Waals surface area (Å²) in [6, 6.07) is 18.2. The van der Waals surface area contributed by atoms with Gasteiger partial charge in [-0.25, -0.2) is 9.67 Å². The zero-order valence-electron chi connectivity index (χ0n) is 17.3. The van der Waals surface area contributed by atoms with Gasteiger partial charge in [0.2, 0.25) is 0 Å². The van der Waals surface area contributed by atoms with Crippen LogP contribution in [0.15, 0.2) is 73.4 Å².